The van der Waals surface area contributed by atoms with E-state index < -0.39 is 35.9 Å². The number of allylic oxidation sites excluding steroid dienone is 1. The van der Waals surface area contributed by atoms with Gasteiger partial charge in [-0.15, -0.1) is 5.10 Å². The van der Waals surface area contributed by atoms with Crippen LogP contribution in [-0.4, -0.2) is 66.0 Å². The first-order valence-corrected chi connectivity index (χ1v) is 14.5. The number of nitrogens with one attached hydrogen (secondary N) is 1. The van der Waals surface area contributed by atoms with E-state index in [0.717, 1.165) is 35.0 Å². The number of hydrogen-bond donors (Lipinski definition) is 1. The van der Waals surface area contributed by atoms with Gasteiger partial charge in [0.25, 0.3) is 0 Å². The highest BCUT2D eigenvalue weighted by molar-refractivity contribution is 5.93. The third-order valence-electron chi connectivity index (χ3n) is 8.65. The van der Waals surface area contributed by atoms with E-state index in [4.69, 9.17) is 14.6 Å². The van der Waals surface area contributed by atoms with Crippen LogP contribution < -0.4 is 15.7 Å². The summed E-state index contributed by atoms with van der Waals surface area (Å²) >= 11 is 0. The highest BCUT2D eigenvalue weighted by Crippen LogP contribution is 2.52. The number of nitrogens with zero attached hydrogens (tertiary/aromatic N) is 5. The fourth-order valence-electron chi connectivity index (χ4n) is 6.57. The predicted octanol–water partition coefficient (Wildman–Crippen LogP) is 3.60. The van der Waals surface area contributed by atoms with Gasteiger partial charge in [-0.05, 0) is 60.7 Å². The van der Waals surface area contributed by atoms with Crippen LogP contribution >= 0.6 is 0 Å². The Morgan fingerprint density at radius 1 is 1.26 bits per heavy atom. The first-order valence-electron chi connectivity index (χ1n) is 14.5. The van der Waals surface area contributed by atoms with Crippen LogP contribution in [0.25, 0.3) is 0 Å². The number of carbonyl (C=O) groups is 2. The number of ether oxygens (including phenoxy) is 1. The number of quaternary nitrogens is 1. The number of aromatic amines is 1. The lowest BCUT2D eigenvalue weighted by Crippen LogP contribution is -2.39. The molecule has 2 aromatic carbocycles. The summed E-state index contributed by atoms with van der Waals surface area (Å²) in [4.78, 5) is 36.6. The number of alkyl halides is 3. The molecule has 1 fully saturated rings. The topological polar surface area (TPSA) is 144 Å². The maximum atomic E-state index is 13.7. The number of methoxy groups -OCH3 is 1. The quantitative estimate of drug-likeness (QED) is 0.234. The first-order chi connectivity index (χ1) is 21.6. The van der Waals surface area contributed by atoms with E-state index in [1.54, 1.807) is 19.1 Å². The van der Waals surface area contributed by atoms with Gasteiger partial charge < -0.3 is 19.1 Å². The van der Waals surface area contributed by atoms with Gasteiger partial charge in [0.1, 0.15) is 6.04 Å². The Hall–Kier alpha value is -4.90. The molecule has 2 aliphatic rings. The normalized spacial score (nSPS) is 19.7. The average Bonchev–Trinajstić information content (AvgIpc) is 3.73. The number of fused-ring (bicyclic) bond motifs is 1. The van der Waals surface area contributed by atoms with Gasteiger partial charge in [0.15, 0.2) is 0 Å². The number of halogens is 3. The molecule has 46 heavy (non-hydrogen) atoms. The summed E-state index contributed by atoms with van der Waals surface area (Å²) in [6.45, 7) is 3.17. The lowest BCUT2D eigenvalue weighted by atomic mass is 9.82. The zero-order chi connectivity index (χ0) is 34.1. The van der Waals surface area contributed by atoms with Crippen molar-refractivity contribution >= 4 is 24.1 Å². The second-order valence-corrected chi connectivity index (χ2v) is 12.1. The van der Waals surface area contributed by atoms with Crippen LogP contribution in [0.5, 0.6) is 0 Å². The van der Waals surface area contributed by atoms with E-state index in [9.17, 15) is 28.0 Å². The molecule has 244 valence electrons. The molecule has 14 heteroatoms. The Kier molecular flexibility index (Phi) is 9.49. The fourth-order valence-corrected chi connectivity index (χ4v) is 6.57. The molecular weight excluding hydrogens is 605 g/mol. The number of anilines is 2. The average molecular weight is 641 g/mol. The first kappa shape index (κ1) is 34.0. The SMILES string of the molecule is CCC(c1cc(C#N)ccc1[C@@H]1C(C(=O)OC)=C(C)N(c2cccc(C(F)(F)F)c2)c2n[nH]c(=O)n21)C1CC1[N+](C)(C)C.O=C[O-]. The summed E-state index contributed by atoms with van der Waals surface area (Å²) in [6.07, 6.45) is -2.86. The van der Waals surface area contributed by atoms with Gasteiger partial charge in [0, 0.05) is 30.2 Å². The molecule has 3 unspecified atom stereocenters. The Morgan fingerprint density at radius 2 is 1.93 bits per heavy atom. The molecule has 0 amide bonds. The number of rotatable bonds is 7. The smallest absolute Gasteiger partial charge is 0.416 e. The van der Waals surface area contributed by atoms with Gasteiger partial charge in [-0.2, -0.15) is 18.4 Å². The Morgan fingerprint density at radius 3 is 2.48 bits per heavy atom. The lowest BCUT2D eigenvalue weighted by molar-refractivity contribution is -0.883. The predicted molar refractivity (Wildman–Crippen MR) is 159 cm³/mol. The Labute approximate surface area is 263 Å². The summed E-state index contributed by atoms with van der Waals surface area (Å²) in [6, 6.07) is 11.4. The largest absolute Gasteiger partial charge is 0.554 e. The van der Waals surface area contributed by atoms with Crippen molar-refractivity contribution in [3.05, 3.63) is 86.5 Å². The third-order valence-corrected chi connectivity index (χ3v) is 8.65. The number of nitriles is 1. The van der Waals surface area contributed by atoms with Crippen molar-refractivity contribution in [1.82, 2.24) is 14.8 Å². The standard InChI is InChI=1S/C31H33F3N6O3.CH2O2/c1-7-21(24-15-25(24)40(3,4)5)23-13-18(16-35)11-12-22(23)27-26(28(41)43-6)17(2)38(29-36-37-30(42)39(27)29)20-10-8-9-19(14-20)31(32,33)34;2-1-3/h8-14,21,24-25,27H,7,15H2,1-6H3;1H,(H,2,3)/t21?,24?,25?,27-;/m1./s1. The van der Waals surface area contributed by atoms with Crippen LogP contribution in [0.2, 0.25) is 0 Å². The fraction of sp³-hybridized carbons (Fsp3) is 0.406. The molecule has 3 aromatic rings. The van der Waals surface area contributed by atoms with E-state index in [0.29, 0.717) is 23.1 Å². The van der Waals surface area contributed by atoms with Crippen LogP contribution in [0.4, 0.5) is 24.8 Å². The number of H-pyrrole nitrogens is 1. The van der Waals surface area contributed by atoms with Gasteiger partial charge >= 0.3 is 17.8 Å². The van der Waals surface area contributed by atoms with E-state index in [-0.39, 0.29) is 28.8 Å². The van der Waals surface area contributed by atoms with E-state index in [2.05, 4.69) is 44.3 Å². The minimum Gasteiger partial charge on any atom is -0.554 e. The summed E-state index contributed by atoms with van der Waals surface area (Å²) in [5, 5.41) is 24.7. The molecule has 1 aromatic heterocycles. The van der Waals surface area contributed by atoms with Crippen molar-refractivity contribution in [3.63, 3.8) is 0 Å². The van der Waals surface area contributed by atoms with E-state index in [1.165, 1.54) is 28.7 Å². The molecule has 0 spiro atoms. The lowest BCUT2D eigenvalue weighted by Gasteiger charge is -2.37. The molecule has 1 aliphatic heterocycles. The van der Waals surface area contributed by atoms with Crippen molar-refractivity contribution in [2.75, 3.05) is 33.2 Å². The summed E-state index contributed by atoms with van der Waals surface area (Å²) in [7, 11) is 7.65. The van der Waals surface area contributed by atoms with Gasteiger partial charge in [-0.1, -0.05) is 19.1 Å². The van der Waals surface area contributed by atoms with Crippen LogP contribution in [0.3, 0.4) is 0 Å². The number of esters is 1. The molecule has 1 saturated carbocycles. The maximum Gasteiger partial charge on any atom is 0.416 e. The molecule has 5 rings (SSSR count). The number of aromatic nitrogens is 3. The van der Waals surface area contributed by atoms with Crippen molar-refractivity contribution in [2.45, 2.75) is 50.9 Å². The summed E-state index contributed by atoms with van der Waals surface area (Å²) in [5.74, 6) is -0.372. The molecule has 0 radical (unpaired) electrons. The molecule has 11 nitrogen and oxygen atoms in total. The third kappa shape index (κ3) is 6.28. The molecule has 0 saturated heterocycles. The highest BCUT2D eigenvalue weighted by Gasteiger charge is 2.52. The van der Waals surface area contributed by atoms with Crippen LogP contribution in [0.15, 0.2) is 58.5 Å². The van der Waals surface area contributed by atoms with E-state index >= 15 is 0 Å². The number of carboxylic acid groups (broad SMARTS) is 1. The maximum absolute atomic E-state index is 13.7. The monoisotopic (exact) mass is 640 g/mol. The zero-order valence-corrected chi connectivity index (χ0v) is 26.3. The molecule has 1 aliphatic carbocycles. The molecule has 4 atom stereocenters. The van der Waals surface area contributed by atoms with Crippen molar-refractivity contribution in [2.24, 2.45) is 5.92 Å². The van der Waals surface area contributed by atoms with Gasteiger partial charge in [-0.25, -0.2) is 19.3 Å². The van der Waals surface area contributed by atoms with Crippen molar-refractivity contribution in [1.29, 1.82) is 5.26 Å². The van der Waals surface area contributed by atoms with Crippen molar-refractivity contribution < 1.29 is 37.1 Å². The number of benzene rings is 2. The second kappa shape index (κ2) is 12.8. The van der Waals surface area contributed by atoms with Crippen LogP contribution in [0, 0.1) is 17.2 Å². The minimum absolute atomic E-state index is 0.0254. The molecular formula is C32H35F3N6O5. The van der Waals surface area contributed by atoms with Gasteiger partial charge in [-0.3, -0.25) is 4.90 Å². The highest BCUT2D eigenvalue weighted by atomic mass is 19.4. The van der Waals surface area contributed by atoms with Crippen LogP contribution in [0.1, 0.15) is 60.9 Å². The van der Waals surface area contributed by atoms with Gasteiger partial charge in [0.2, 0.25) is 5.95 Å². The minimum atomic E-state index is -4.61. The molecule has 2 heterocycles. The van der Waals surface area contributed by atoms with E-state index in [1.807, 2.05) is 6.07 Å². The zero-order valence-electron chi connectivity index (χ0n) is 26.3. The summed E-state index contributed by atoms with van der Waals surface area (Å²) < 4.78 is 48.2. The Balaban J connectivity index is 0.00000154. The van der Waals surface area contributed by atoms with Gasteiger partial charge in [0.05, 0.1) is 57.1 Å². The summed E-state index contributed by atoms with van der Waals surface area (Å²) in [5.41, 5.74) is 0.797. The van der Waals surface area contributed by atoms with Crippen molar-refractivity contribution in [3.8, 4) is 6.07 Å². The Bertz CT molecular complexity index is 1760. The molecule has 0 bridgehead atoms. The molecule has 1 N–H and O–H groups in total. The number of hydrogen-bond acceptors (Lipinski definition) is 8. The second-order valence-electron chi connectivity index (χ2n) is 12.1. The van der Waals surface area contributed by atoms with Crippen LogP contribution in [-0.2, 0) is 20.5 Å². The number of carbonyl (C=O) groups excluding carboxylic acids is 2.